The van der Waals surface area contributed by atoms with Crippen LogP contribution in [-0.4, -0.2) is 93.3 Å². The van der Waals surface area contributed by atoms with Crippen molar-refractivity contribution in [2.24, 2.45) is 29.1 Å². The SMILES string of the molecule is CSC1O[C@H]([C@H](NC(=O)C2CC[C@H](CCC34CC5CC(CC(C5)C3)C4)CCN2C)[C@H](C)Cl)C(O)C(O)[C@H]1O. The Morgan fingerprint density at radius 3 is 2.26 bits per heavy atom. The molecule has 0 aromatic heterocycles. The van der Waals surface area contributed by atoms with Crippen molar-refractivity contribution in [1.29, 1.82) is 0 Å². The van der Waals surface area contributed by atoms with Crippen LogP contribution in [0.25, 0.3) is 0 Å². The van der Waals surface area contributed by atoms with Crippen LogP contribution >= 0.6 is 23.4 Å². The Kier molecular flexibility index (Phi) is 9.31. The molecule has 0 aromatic rings. The van der Waals surface area contributed by atoms with Crippen molar-refractivity contribution < 1.29 is 24.9 Å². The first-order chi connectivity index (χ1) is 18.1. The molecule has 0 radical (unpaired) electrons. The maximum absolute atomic E-state index is 13.6. The predicted octanol–water partition coefficient (Wildman–Crippen LogP) is 3.37. The molecule has 1 amide bonds. The zero-order chi connectivity index (χ0) is 27.2. The second kappa shape index (κ2) is 12.0. The van der Waals surface area contributed by atoms with Gasteiger partial charge in [0.15, 0.2) is 0 Å². The number of ether oxygens (including phenoxy) is 1. The smallest absolute Gasteiger partial charge is 0.237 e. The van der Waals surface area contributed by atoms with E-state index in [4.69, 9.17) is 16.3 Å². The van der Waals surface area contributed by atoms with E-state index in [1.807, 2.05) is 7.05 Å². The number of carbonyl (C=O) groups excluding carboxylic acids is 1. The quantitative estimate of drug-likeness (QED) is 0.331. The van der Waals surface area contributed by atoms with E-state index in [-0.39, 0.29) is 11.9 Å². The number of hydrogen-bond donors (Lipinski definition) is 4. The molecule has 9 atom stereocenters. The number of nitrogens with zero attached hydrogens (tertiary/aromatic N) is 1. The van der Waals surface area contributed by atoms with Crippen LogP contribution in [-0.2, 0) is 9.53 Å². The first-order valence-corrected chi connectivity index (χ1v) is 16.7. The highest BCUT2D eigenvalue weighted by molar-refractivity contribution is 7.99. The van der Waals surface area contributed by atoms with Crippen LogP contribution in [0, 0.1) is 29.1 Å². The third-order valence-corrected chi connectivity index (χ3v) is 11.9. The van der Waals surface area contributed by atoms with Crippen LogP contribution in [0.3, 0.4) is 0 Å². The van der Waals surface area contributed by atoms with Crippen molar-refractivity contribution >= 4 is 29.3 Å². The predicted molar refractivity (Wildman–Crippen MR) is 151 cm³/mol. The molecule has 6 aliphatic rings. The van der Waals surface area contributed by atoms with Gasteiger partial charge < -0.3 is 25.4 Å². The van der Waals surface area contributed by atoms with E-state index in [9.17, 15) is 20.1 Å². The number of rotatable bonds is 8. The molecule has 9 heteroatoms. The highest BCUT2D eigenvalue weighted by Crippen LogP contribution is 2.62. The summed E-state index contributed by atoms with van der Waals surface area (Å²) < 4.78 is 5.93. The van der Waals surface area contributed by atoms with Crippen LogP contribution < -0.4 is 5.32 Å². The molecule has 2 aliphatic heterocycles. The lowest BCUT2D eigenvalue weighted by molar-refractivity contribution is -0.205. The molecular formula is C29H49ClN2O5S. The standard InChI is InChI=1S/C29H49ClN2O5S/c1-16(30)22(26-24(34)23(33)25(35)28(37-26)38-3)31-27(36)21-5-4-17(7-9-32(21)2)6-8-29-13-18-10-19(14-29)12-20(11-18)15-29/h16-26,28,33-35H,4-15H2,1-3H3,(H,31,36)/t16-,17+,18?,19?,20?,21?,22+,23?,24?,25+,26+,28?,29?/m0/s1. The summed E-state index contributed by atoms with van der Waals surface area (Å²) in [4.78, 5) is 15.7. The molecule has 6 fully saturated rings. The normalized spacial score (nSPS) is 46.9. The maximum Gasteiger partial charge on any atom is 0.237 e. The van der Waals surface area contributed by atoms with Crippen molar-refractivity contribution in [2.45, 2.75) is 125 Å². The average molecular weight is 573 g/mol. The molecular weight excluding hydrogens is 524 g/mol. The molecule has 4 N–H and O–H groups in total. The van der Waals surface area contributed by atoms with Crippen LogP contribution in [0.15, 0.2) is 0 Å². The molecule has 4 unspecified atom stereocenters. The van der Waals surface area contributed by atoms with Crippen LogP contribution in [0.5, 0.6) is 0 Å². The molecule has 2 heterocycles. The van der Waals surface area contributed by atoms with E-state index in [0.717, 1.165) is 43.6 Å². The molecule has 4 aliphatic carbocycles. The Morgan fingerprint density at radius 2 is 1.68 bits per heavy atom. The number of likely N-dealkylation sites (tertiary alicyclic amines) is 1. The maximum atomic E-state index is 13.6. The number of carbonyl (C=O) groups is 1. The summed E-state index contributed by atoms with van der Waals surface area (Å²) in [7, 11) is 2.03. The van der Waals surface area contributed by atoms with Gasteiger partial charge in [0.25, 0.3) is 0 Å². The van der Waals surface area contributed by atoms with Gasteiger partial charge in [-0.2, -0.15) is 0 Å². The number of thioether (sulfide) groups is 1. The van der Waals surface area contributed by atoms with Gasteiger partial charge in [0.1, 0.15) is 29.9 Å². The lowest BCUT2D eigenvalue weighted by Crippen LogP contribution is -2.65. The molecule has 218 valence electrons. The van der Waals surface area contributed by atoms with Crippen LogP contribution in [0.4, 0.5) is 0 Å². The number of aliphatic hydroxyl groups is 3. The van der Waals surface area contributed by atoms with Crippen molar-refractivity contribution in [2.75, 3.05) is 19.8 Å². The van der Waals surface area contributed by atoms with E-state index in [1.54, 1.807) is 13.2 Å². The van der Waals surface area contributed by atoms with Gasteiger partial charge in [0, 0.05) is 0 Å². The van der Waals surface area contributed by atoms with Gasteiger partial charge in [0.2, 0.25) is 5.91 Å². The number of halogens is 1. The molecule has 0 aromatic carbocycles. The monoisotopic (exact) mass is 572 g/mol. The van der Waals surface area contributed by atoms with E-state index in [2.05, 4.69) is 10.2 Å². The Hall–Kier alpha value is -0.0900. The molecule has 4 bridgehead atoms. The van der Waals surface area contributed by atoms with Crippen molar-refractivity contribution in [3.8, 4) is 0 Å². The van der Waals surface area contributed by atoms with Gasteiger partial charge >= 0.3 is 0 Å². The van der Waals surface area contributed by atoms with Crippen LogP contribution in [0.1, 0.15) is 77.6 Å². The highest BCUT2D eigenvalue weighted by Gasteiger charge is 2.51. The van der Waals surface area contributed by atoms with E-state index >= 15 is 0 Å². The largest absolute Gasteiger partial charge is 0.388 e. The zero-order valence-electron chi connectivity index (χ0n) is 23.3. The molecule has 38 heavy (non-hydrogen) atoms. The van der Waals surface area contributed by atoms with E-state index < -0.39 is 41.3 Å². The fourth-order valence-electron chi connectivity index (χ4n) is 9.11. The van der Waals surface area contributed by atoms with Gasteiger partial charge in [-0.05, 0) is 126 Å². The minimum Gasteiger partial charge on any atom is -0.388 e. The minimum absolute atomic E-state index is 0.108. The number of aliphatic hydroxyl groups excluding tert-OH is 3. The summed E-state index contributed by atoms with van der Waals surface area (Å²) in [5.41, 5.74) is -0.0929. The second-order valence-corrected chi connectivity index (χ2v) is 15.2. The average Bonchev–Trinajstić information content (AvgIpc) is 3.05. The summed E-state index contributed by atoms with van der Waals surface area (Å²) in [6.45, 7) is 2.65. The summed E-state index contributed by atoms with van der Waals surface area (Å²) in [6.07, 6.45) is 11.5. The van der Waals surface area contributed by atoms with Gasteiger partial charge in [-0.25, -0.2) is 0 Å². The fourth-order valence-corrected chi connectivity index (χ4v) is 10.00. The second-order valence-electron chi connectivity index (χ2n) is 13.6. The number of likely N-dealkylation sites (N-methyl/N-ethyl adjacent to an activating group) is 1. The zero-order valence-corrected chi connectivity index (χ0v) is 24.9. The number of alkyl halides is 1. The van der Waals surface area contributed by atoms with Gasteiger partial charge in [-0.3, -0.25) is 9.69 Å². The third-order valence-electron chi connectivity index (χ3n) is 10.8. The van der Waals surface area contributed by atoms with Crippen LogP contribution in [0.2, 0.25) is 0 Å². The van der Waals surface area contributed by atoms with Gasteiger partial charge in [-0.1, -0.05) is 0 Å². The minimum atomic E-state index is -1.36. The molecule has 7 nitrogen and oxygen atoms in total. The summed E-state index contributed by atoms with van der Waals surface area (Å²) in [5, 5.41) is 33.8. The van der Waals surface area contributed by atoms with Crippen molar-refractivity contribution in [1.82, 2.24) is 10.2 Å². The Labute approximate surface area is 237 Å². The Bertz CT molecular complexity index is 796. The topological polar surface area (TPSA) is 102 Å². The lowest BCUT2D eigenvalue weighted by atomic mass is 9.48. The summed E-state index contributed by atoms with van der Waals surface area (Å²) >= 11 is 7.75. The van der Waals surface area contributed by atoms with Gasteiger partial charge in [-0.15, -0.1) is 23.4 Å². The third kappa shape index (κ3) is 6.07. The first-order valence-electron chi connectivity index (χ1n) is 15.0. The van der Waals surface area contributed by atoms with Crippen molar-refractivity contribution in [3.63, 3.8) is 0 Å². The number of hydrogen-bond acceptors (Lipinski definition) is 7. The number of amides is 1. The van der Waals surface area contributed by atoms with E-state index in [0.29, 0.717) is 11.3 Å². The highest BCUT2D eigenvalue weighted by atomic mass is 35.5. The molecule has 6 rings (SSSR count). The fraction of sp³-hybridized carbons (Fsp3) is 0.966. The number of nitrogens with one attached hydrogen (secondary N) is 1. The molecule has 2 saturated heterocycles. The van der Waals surface area contributed by atoms with Gasteiger partial charge in [0.05, 0.1) is 17.5 Å². The summed E-state index contributed by atoms with van der Waals surface area (Å²) in [6, 6.07) is -0.954. The molecule has 4 saturated carbocycles. The lowest BCUT2D eigenvalue weighted by Gasteiger charge is -2.57. The molecule has 0 spiro atoms. The van der Waals surface area contributed by atoms with E-state index in [1.165, 1.54) is 63.1 Å². The van der Waals surface area contributed by atoms with Crippen molar-refractivity contribution in [3.05, 3.63) is 0 Å². The Morgan fingerprint density at radius 1 is 1.05 bits per heavy atom. The Balaban J connectivity index is 1.17. The first kappa shape index (κ1) is 29.4. The summed E-state index contributed by atoms with van der Waals surface area (Å²) in [5.74, 6) is 3.54.